The Kier molecular flexibility index (Phi) is 7.66. The highest BCUT2D eigenvalue weighted by Gasteiger charge is 2.09. The molecule has 1 amide bonds. The van der Waals surface area contributed by atoms with Crippen molar-refractivity contribution in [2.45, 2.75) is 33.7 Å². The van der Waals surface area contributed by atoms with Crippen molar-refractivity contribution in [3.8, 4) is 11.5 Å². The van der Waals surface area contributed by atoms with Crippen LogP contribution in [-0.4, -0.2) is 24.7 Å². The van der Waals surface area contributed by atoms with E-state index in [0.717, 1.165) is 17.7 Å². The van der Waals surface area contributed by atoms with Crippen molar-refractivity contribution < 1.29 is 14.3 Å². The van der Waals surface area contributed by atoms with Gasteiger partial charge in [-0.3, -0.25) is 4.79 Å². The largest absolute Gasteiger partial charge is 0.493 e. The fraction of sp³-hybridized carbons (Fsp3) is 0.500. The molecule has 0 saturated heterocycles. The molecule has 0 aromatic heterocycles. The van der Waals surface area contributed by atoms with Crippen LogP contribution < -0.4 is 20.1 Å². The van der Waals surface area contributed by atoms with E-state index in [1.54, 1.807) is 7.11 Å². The monoisotopic (exact) mass is 324 g/mol. The number of rotatable bonds is 7. The molecule has 1 rings (SSSR count). The minimum atomic E-state index is -0.102. The predicted molar refractivity (Wildman–Crippen MR) is 91.2 cm³/mol. The van der Waals surface area contributed by atoms with Crippen molar-refractivity contribution in [2.75, 3.05) is 13.7 Å². The van der Waals surface area contributed by atoms with Crippen LogP contribution in [0.4, 0.5) is 0 Å². The second-order valence-electron chi connectivity index (χ2n) is 5.16. The zero-order valence-electron chi connectivity index (χ0n) is 13.6. The van der Waals surface area contributed by atoms with E-state index in [9.17, 15) is 4.79 Å². The Morgan fingerprint density at radius 1 is 1.32 bits per heavy atom. The lowest BCUT2D eigenvalue weighted by molar-refractivity contribution is -0.122. The van der Waals surface area contributed by atoms with Crippen LogP contribution in [0.2, 0.25) is 0 Å². The quantitative estimate of drug-likeness (QED) is 0.755. The number of carbonyl (C=O) groups is 1. The van der Waals surface area contributed by atoms with E-state index in [1.807, 2.05) is 32.0 Å². The maximum absolute atomic E-state index is 11.5. The Balaban J connectivity index is 2.59. The topological polar surface area (TPSA) is 59.6 Å². The van der Waals surface area contributed by atoms with E-state index in [0.29, 0.717) is 24.0 Å². The molecule has 0 atom stereocenters. The highest BCUT2D eigenvalue weighted by atomic mass is 32.1. The van der Waals surface area contributed by atoms with Gasteiger partial charge in [0.2, 0.25) is 5.91 Å². The van der Waals surface area contributed by atoms with Crippen molar-refractivity contribution in [3.63, 3.8) is 0 Å². The number of carbonyl (C=O) groups excluding carboxylic acids is 1. The van der Waals surface area contributed by atoms with Crippen LogP contribution in [0.25, 0.3) is 0 Å². The molecule has 0 bridgehead atoms. The molecule has 1 aromatic carbocycles. The van der Waals surface area contributed by atoms with Gasteiger partial charge >= 0.3 is 0 Å². The van der Waals surface area contributed by atoms with Crippen LogP contribution >= 0.6 is 12.2 Å². The van der Waals surface area contributed by atoms with E-state index in [1.165, 1.54) is 0 Å². The second kappa shape index (κ2) is 9.25. The second-order valence-corrected chi connectivity index (χ2v) is 5.57. The maximum atomic E-state index is 11.5. The van der Waals surface area contributed by atoms with E-state index in [4.69, 9.17) is 21.7 Å². The SMILES string of the molecule is CCCOc1ccc(CNC(=S)NC(=O)C(C)C)cc1OC. The van der Waals surface area contributed by atoms with Crippen LogP contribution in [0.15, 0.2) is 18.2 Å². The average molecular weight is 324 g/mol. The normalized spacial score (nSPS) is 10.2. The molecule has 0 aliphatic carbocycles. The first-order chi connectivity index (χ1) is 10.5. The number of hydrogen-bond donors (Lipinski definition) is 2. The first kappa shape index (κ1) is 18.2. The molecule has 5 nitrogen and oxygen atoms in total. The third-order valence-corrected chi connectivity index (χ3v) is 3.15. The van der Waals surface area contributed by atoms with Gasteiger partial charge in [0.25, 0.3) is 0 Å². The summed E-state index contributed by atoms with van der Waals surface area (Å²) in [5.74, 6) is 1.21. The Bertz CT molecular complexity index is 518. The molecule has 0 aliphatic rings. The van der Waals surface area contributed by atoms with Gasteiger partial charge in [-0.05, 0) is 36.3 Å². The summed E-state index contributed by atoms with van der Waals surface area (Å²) in [6.07, 6.45) is 0.941. The van der Waals surface area contributed by atoms with Gasteiger partial charge in [-0.1, -0.05) is 26.8 Å². The molecule has 6 heteroatoms. The molecule has 1 aromatic rings. The highest BCUT2D eigenvalue weighted by molar-refractivity contribution is 7.80. The van der Waals surface area contributed by atoms with Gasteiger partial charge in [0.05, 0.1) is 13.7 Å². The van der Waals surface area contributed by atoms with Crippen LogP contribution in [0.1, 0.15) is 32.8 Å². The lowest BCUT2D eigenvalue weighted by Crippen LogP contribution is -2.40. The number of nitrogens with one attached hydrogen (secondary N) is 2. The van der Waals surface area contributed by atoms with Crippen LogP contribution in [0.3, 0.4) is 0 Å². The third-order valence-electron chi connectivity index (χ3n) is 2.90. The van der Waals surface area contributed by atoms with Gasteiger partial charge in [-0.15, -0.1) is 0 Å². The standard InChI is InChI=1S/C16H24N2O3S/c1-5-8-21-13-7-6-12(9-14(13)20-4)10-17-16(22)18-15(19)11(2)3/h6-7,9,11H,5,8,10H2,1-4H3,(H2,17,18,19,22). The molecule has 0 spiro atoms. The summed E-state index contributed by atoms with van der Waals surface area (Å²) in [7, 11) is 1.61. The van der Waals surface area contributed by atoms with E-state index < -0.39 is 0 Å². The number of hydrogen-bond acceptors (Lipinski definition) is 4. The smallest absolute Gasteiger partial charge is 0.228 e. The van der Waals surface area contributed by atoms with Crippen molar-refractivity contribution in [1.29, 1.82) is 0 Å². The van der Waals surface area contributed by atoms with Crippen LogP contribution in [0.5, 0.6) is 11.5 Å². The molecule has 0 aliphatic heterocycles. The molecular weight excluding hydrogens is 300 g/mol. The van der Waals surface area contributed by atoms with E-state index in [-0.39, 0.29) is 11.8 Å². The Morgan fingerprint density at radius 2 is 2.05 bits per heavy atom. The zero-order chi connectivity index (χ0) is 16.5. The number of ether oxygens (including phenoxy) is 2. The van der Waals surface area contributed by atoms with Crippen LogP contribution in [-0.2, 0) is 11.3 Å². The Labute approximate surface area is 137 Å². The first-order valence-corrected chi connectivity index (χ1v) is 7.77. The number of benzene rings is 1. The summed E-state index contributed by atoms with van der Waals surface area (Å²) in [5, 5.41) is 5.97. The van der Waals surface area contributed by atoms with Gasteiger partial charge < -0.3 is 20.1 Å². The minimum Gasteiger partial charge on any atom is -0.493 e. The number of methoxy groups -OCH3 is 1. The summed E-state index contributed by atoms with van der Waals surface area (Å²) in [4.78, 5) is 11.5. The predicted octanol–water partition coefficient (Wildman–Crippen LogP) is 2.63. The first-order valence-electron chi connectivity index (χ1n) is 7.36. The van der Waals surface area contributed by atoms with Crippen molar-refractivity contribution in [2.24, 2.45) is 5.92 Å². The van der Waals surface area contributed by atoms with Gasteiger partial charge in [0, 0.05) is 12.5 Å². The zero-order valence-corrected chi connectivity index (χ0v) is 14.4. The van der Waals surface area contributed by atoms with Gasteiger partial charge in [-0.25, -0.2) is 0 Å². The molecule has 0 unspecified atom stereocenters. The van der Waals surface area contributed by atoms with Crippen LogP contribution in [0, 0.1) is 5.92 Å². The lowest BCUT2D eigenvalue weighted by Gasteiger charge is -2.13. The molecule has 0 fully saturated rings. The van der Waals surface area contributed by atoms with Gasteiger partial charge in [0.1, 0.15) is 0 Å². The van der Waals surface area contributed by atoms with Crippen molar-refractivity contribution >= 4 is 23.2 Å². The third kappa shape index (κ3) is 5.89. The molecule has 22 heavy (non-hydrogen) atoms. The van der Waals surface area contributed by atoms with Crippen molar-refractivity contribution in [3.05, 3.63) is 23.8 Å². The molecule has 2 N–H and O–H groups in total. The van der Waals surface area contributed by atoms with Gasteiger partial charge in [0.15, 0.2) is 16.6 Å². The lowest BCUT2D eigenvalue weighted by atomic mass is 10.2. The molecule has 0 radical (unpaired) electrons. The summed E-state index contributed by atoms with van der Waals surface area (Å²) < 4.78 is 10.9. The highest BCUT2D eigenvalue weighted by Crippen LogP contribution is 2.28. The Morgan fingerprint density at radius 3 is 2.64 bits per heavy atom. The number of thiocarbonyl (C=S) groups is 1. The molecular formula is C16H24N2O3S. The van der Waals surface area contributed by atoms with Gasteiger partial charge in [-0.2, -0.15) is 0 Å². The fourth-order valence-electron chi connectivity index (χ4n) is 1.64. The van der Waals surface area contributed by atoms with E-state index >= 15 is 0 Å². The summed E-state index contributed by atoms with van der Waals surface area (Å²) in [5.41, 5.74) is 0.988. The van der Waals surface area contributed by atoms with E-state index in [2.05, 4.69) is 17.6 Å². The average Bonchev–Trinajstić information content (AvgIpc) is 2.50. The molecule has 0 heterocycles. The molecule has 0 saturated carbocycles. The summed E-state index contributed by atoms with van der Waals surface area (Å²) in [6.45, 7) is 6.84. The maximum Gasteiger partial charge on any atom is 0.228 e. The van der Waals surface area contributed by atoms with Crippen molar-refractivity contribution in [1.82, 2.24) is 10.6 Å². The molecule has 122 valence electrons. The summed E-state index contributed by atoms with van der Waals surface area (Å²) in [6, 6.07) is 5.71. The number of amides is 1. The summed E-state index contributed by atoms with van der Waals surface area (Å²) >= 11 is 5.09. The Hall–Kier alpha value is -1.82. The fourth-order valence-corrected chi connectivity index (χ4v) is 1.81. The minimum absolute atomic E-state index is 0.0987.